The molecule has 0 atom stereocenters. The molecular formula is C17H29N3O3S. The summed E-state index contributed by atoms with van der Waals surface area (Å²) in [5.74, 6) is 0.765. The summed E-state index contributed by atoms with van der Waals surface area (Å²) in [6.45, 7) is 6.24. The fourth-order valence-electron chi connectivity index (χ4n) is 2.31. The van der Waals surface area contributed by atoms with Crippen molar-refractivity contribution in [2.45, 2.75) is 20.3 Å². The minimum absolute atomic E-state index is 0.0515. The predicted molar refractivity (Wildman–Crippen MR) is 99.5 cm³/mol. The highest BCUT2D eigenvalue weighted by atomic mass is 32.2. The van der Waals surface area contributed by atoms with Crippen LogP contribution in [0.15, 0.2) is 23.2 Å². The Labute approximate surface area is 145 Å². The quantitative estimate of drug-likeness (QED) is 0.394. The van der Waals surface area contributed by atoms with E-state index in [-0.39, 0.29) is 12.4 Å². The zero-order chi connectivity index (χ0) is 18.0. The molecule has 0 saturated carbocycles. The van der Waals surface area contributed by atoms with Gasteiger partial charge >= 0.3 is 0 Å². The van der Waals surface area contributed by atoms with Gasteiger partial charge in [-0.05, 0) is 25.8 Å². The highest BCUT2D eigenvalue weighted by Crippen LogP contribution is 2.08. The van der Waals surface area contributed by atoms with Gasteiger partial charge in [-0.1, -0.05) is 29.3 Å². The summed E-state index contributed by atoms with van der Waals surface area (Å²) in [6, 6.07) is 6.56. The normalized spacial score (nSPS) is 12.2. The van der Waals surface area contributed by atoms with E-state index in [0.29, 0.717) is 19.1 Å². The van der Waals surface area contributed by atoms with Crippen molar-refractivity contribution in [3.63, 3.8) is 0 Å². The molecule has 24 heavy (non-hydrogen) atoms. The molecule has 0 bridgehead atoms. The molecule has 0 saturated heterocycles. The number of nitrogens with zero attached hydrogens (tertiary/aromatic N) is 1. The maximum atomic E-state index is 11.0. The summed E-state index contributed by atoms with van der Waals surface area (Å²) >= 11 is 0. The molecule has 0 heterocycles. The summed E-state index contributed by atoms with van der Waals surface area (Å²) in [4.78, 5) is 4.15. The molecule has 1 aromatic carbocycles. The first-order valence-electron chi connectivity index (χ1n) is 8.07. The SMILES string of the molecule is CN=C(NCCOCCS(C)(=O)=O)NCCc1cc(C)cc(C)c1. The van der Waals surface area contributed by atoms with Crippen LogP contribution in [0.25, 0.3) is 0 Å². The van der Waals surface area contributed by atoms with E-state index in [1.54, 1.807) is 7.05 Å². The number of sulfone groups is 1. The number of hydrogen-bond donors (Lipinski definition) is 2. The average molecular weight is 356 g/mol. The van der Waals surface area contributed by atoms with Gasteiger partial charge in [-0.25, -0.2) is 8.42 Å². The second-order valence-electron chi connectivity index (χ2n) is 5.91. The molecule has 0 spiro atoms. The molecule has 0 unspecified atom stereocenters. The van der Waals surface area contributed by atoms with Crippen LogP contribution in [0.5, 0.6) is 0 Å². The topological polar surface area (TPSA) is 79.8 Å². The molecule has 2 N–H and O–H groups in total. The summed E-state index contributed by atoms with van der Waals surface area (Å²) < 4.78 is 27.2. The van der Waals surface area contributed by atoms with E-state index in [2.05, 4.69) is 47.7 Å². The van der Waals surface area contributed by atoms with E-state index in [1.165, 1.54) is 22.9 Å². The van der Waals surface area contributed by atoms with Gasteiger partial charge < -0.3 is 15.4 Å². The molecule has 0 radical (unpaired) electrons. The number of benzene rings is 1. The minimum Gasteiger partial charge on any atom is -0.379 e. The van der Waals surface area contributed by atoms with E-state index in [9.17, 15) is 8.42 Å². The van der Waals surface area contributed by atoms with Gasteiger partial charge in [0.1, 0.15) is 9.84 Å². The number of rotatable bonds is 9. The fourth-order valence-corrected chi connectivity index (χ4v) is 2.73. The van der Waals surface area contributed by atoms with E-state index in [1.807, 2.05) is 0 Å². The summed E-state index contributed by atoms with van der Waals surface area (Å²) in [5, 5.41) is 6.40. The first kappa shape index (κ1) is 20.4. The van der Waals surface area contributed by atoms with Crippen LogP contribution in [0, 0.1) is 13.8 Å². The Morgan fingerprint density at radius 1 is 1.08 bits per heavy atom. The third kappa shape index (κ3) is 9.52. The molecule has 0 amide bonds. The lowest BCUT2D eigenvalue weighted by molar-refractivity contribution is 0.154. The van der Waals surface area contributed by atoms with Crippen molar-refractivity contribution in [3.8, 4) is 0 Å². The molecule has 1 aromatic rings. The number of aliphatic imine (C=N–C) groups is 1. The lowest BCUT2D eigenvalue weighted by Crippen LogP contribution is -2.39. The smallest absolute Gasteiger partial charge is 0.191 e. The van der Waals surface area contributed by atoms with Gasteiger partial charge in [-0.2, -0.15) is 0 Å². The van der Waals surface area contributed by atoms with Gasteiger partial charge in [-0.3, -0.25) is 4.99 Å². The molecule has 0 aliphatic rings. The van der Waals surface area contributed by atoms with Crippen molar-refractivity contribution in [1.82, 2.24) is 10.6 Å². The third-order valence-corrected chi connectivity index (χ3v) is 4.26. The molecule has 0 fully saturated rings. The molecular weight excluding hydrogens is 326 g/mol. The van der Waals surface area contributed by atoms with Crippen LogP contribution in [0.2, 0.25) is 0 Å². The highest BCUT2D eigenvalue weighted by Gasteiger charge is 2.02. The lowest BCUT2D eigenvalue weighted by Gasteiger charge is -2.12. The molecule has 7 heteroatoms. The van der Waals surface area contributed by atoms with Crippen molar-refractivity contribution in [3.05, 3.63) is 34.9 Å². The van der Waals surface area contributed by atoms with E-state index < -0.39 is 9.84 Å². The van der Waals surface area contributed by atoms with E-state index in [4.69, 9.17) is 4.74 Å². The first-order chi connectivity index (χ1) is 11.3. The van der Waals surface area contributed by atoms with Crippen LogP contribution in [0.1, 0.15) is 16.7 Å². The Bertz CT molecular complexity index is 622. The number of hydrogen-bond acceptors (Lipinski definition) is 4. The van der Waals surface area contributed by atoms with Crippen molar-refractivity contribution in [2.24, 2.45) is 4.99 Å². The summed E-state index contributed by atoms with van der Waals surface area (Å²) in [7, 11) is -1.24. The van der Waals surface area contributed by atoms with E-state index >= 15 is 0 Å². The van der Waals surface area contributed by atoms with Crippen molar-refractivity contribution in [2.75, 3.05) is 45.4 Å². The molecule has 0 aliphatic carbocycles. The fraction of sp³-hybridized carbons (Fsp3) is 0.588. The third-order valence-electron chi connectivity index (χ3n) is 3.35. The zero-order valence-electron chi connectivity index (χ0n) is 15.1. The van der Waals surface area contributed by atoms with Gasteiger partial charge in [0, 0.05) is 26.4 Å². The Balaban J connectivity index is 2.21. The number of nitrogens with one attached hydrogen (secondary N) is 2. The first-order valence-corrected chi connectivity index (χ1v) is 10.1. The van der Waals surface area contributed by atoms with Crippen LogP contribution < -0.4 is 10.6 Å². The number of guanidine groups is 1. The monoisotopic (exact) mass is 355 g/mol. The Kier molecular flexibility index (Phi) is 8.78. The maximum Gasteiger partial charge on any atom is 0.191 e. The van der Waals surface area contributed by atoms with Gasteiger partial charge in [0.25, 0.3) is 0 Å². The molecule has 136 valence electrons. The van der Waals surface area contributed by atoms with Crippen molar-refractivity contribution < 1.29 is 13.2 Å². The van der Waals surface area contributed by atoms with Crippen LogP contribution in [0.3, 0.4) is 0 Å². The maximum absolute atomic E-state index is 11.0. The van der Waals surface area contributed by atoms with Gasteiger partial charge in [0.05, 0.1) is 19.0 Å². The van der Waals surface area contributed by atoms with Crippen molar-refractivity contribution in [1.29, 1.82) is 0 Å². The van der Waals surface area contributed by atoms with Crippen LogP contribution in [-0.2, 0) is 21.0 Å². The highest BCUT2D eigenvalue weighted by molar-refractivity contribution is 7.90. The largest absolute Gasteiger partial charge is 0.379 e. The van der Waals surface area contributed by atoms with Crippen molar-refractivity contribution >= 4 is 15.8 Å². The summed E-state index contributed by atoms with van der Waals surface area (Å²) in [5.41, 5.74) is 3.86. The second-order valence-corrected chi connectivity index (χ2v) is 8.17. The van der Waals surface area contributed by atoms with Crippen LogP contribution in [-0.4, -0.2) is 59.7 Å². The van der Waals surface area contributed by atoms with Gasteiger partial charge in [0.2, 0.25) is 0 Å². The lowest BCUT2D eigenvalue weighted by atomic mass is 10.1. The Morgan fingerprint density at radius 3 is 2.29 bits per heavy atom. The van der Waals surface area contributed by atoms with Gasteiger partial charge in [0.15, 0.2) is 5.96 Å². The molecule has 6 nitrogen and oxygen atoms in total. The van der Waals surface area contributed by atoms with E-state index in [0.717, 1.165) is 13.0 Å². The zero-order valence-corrected chi connectivity index (χ0v) is 15.9. The van der Waals surface area contributed by atoms with Crippen LogP contribution in [0.4, 0.5) is 0 Å². The predicted octanol–water partition coefficient (Wildman–Crippen LogP) is 1.07. The average Bonchev–Trinajstić information content (AvgIpc) is 2.46. The summed E-state index contributed by atoms with van der Waals surface area (Å²) in [6.07, 6.45) is 2.13. The Morgan fingerprint density at radius 2 is 1.71 bits per heavy atom. The second kappa shape index (κ2) is 10.3. The number of ether oxygens (including phenoxy) is 1. The van der Waals surface area contributed by atoms with Crippen LogP contribution >= 0.6 is 0 Å². The molecule has 0 aromatic heterocycles. The Hall–Kier alpha value is -1.60. The number of aryl methyl sites for hydroxylation is 2. The molecule has 1 rings (SSSR count). The standard InChI is InChI=1S/C17H29N3O3S/c1-14-11-15(2)13-16(12-14)5-6-19-17(18-3)20-7-8-23-9-10-24(4,21)22/h11-13H,5-10H2,1-4H3,(H2,18,19,20). The molecule has 0 aliphatic heterocycles. The van der Waals surface area contributed by atoms with Gasteiger partial charge in [-0.15, -0.1) is 0 Å². The minimum atomic E-state index is -2.96.